The molecule has 1 saturated heterocycles. The Kier molecular flexibility index (Phi) is 7.49. The van der Waals surface area contributed by atoms with Crippen molar-refractivity contribution in [2.75, 3.05) is 13.1 Å². The summed E-state index contributed by atoms with van der Waals surface area (Å²) < 4.78 is 19.0. The molecule has 1 aromatic carbocycles. The van der Waals surface area contributed by atoms with E-state index in [9.17, 15) is 14.0 Å². The molecule has 3 amide bonds. The van der Waals surface area contributed by atoms with Gasteiger partial charge in [0.05, 0.1) is 24.8 Å². The Morgan fingerprint density at radius 1 is 1.23 bits per heavy atom. The molecular formula is C23H30FN3O3. The molecule has 1 fully saturated rings. The number of benzene rings is 1. The number of piperidine rings is 1. The maximum Gasteiger partial charge on any atom is 0.317 e. The zero-order valence-electron chi connectivity index (χ0n) is 17.6. The number of carbonyl (C=O) groups is 2. The highest BCUT2D eigenvalue weighted by molar-refractivity contribution is 5.81. The summed E-state index contributed by atoms with van der Waals surface area (Å²) in [7, 11) is 0. The average molecular weight is 416 g/mol. The molecule has 6 nitrogen and oxygen atoms in total. The molecule has 2 aromatic rings. The minimum absolute atomic E-state index is 0.0912. The van der Waals surface area contributed by atoms with Crippen molar-refractivity contribution in [1.29, 1.82) is 0 Å². The quantitative estimate of drug-likeness (QED) is 0.662. The Hall–Kier alpha value is -2.83. The van der Waals surface area contributed by atoms with Crippen LogP contribution in [-0.4, -0.2) is 29.9 Å². The number of rotatable bonds is 7. The molecule has 0 radical (unpaired) electrons. The van der Waals surface area contributed by atoms with Gasteiger partial charge in [0, 0.05) is 13.1 Å². The Labute approximate surface area is 176 Å². The van der Waals surface area contributed by atoms with Crippen LogP contribution in [0.4, 0.5) is 9.18 Å². The van der Waals surface area contributed by atoms with Crippen LogP contribution in [0.1, 0.15) is 55.5 Å². The number of furan rings is 1. The fourth-order valence-electron chi connectivity index (χ4n) is 3.84. The second-order valence-corrected chi connectivity index (χ2v) is 7.83. The topological polar surface area (TPSA) is 74.6 Å². The number of amides is 3. The van der Waals surface area contributed by atoms with Crippen LogP contribution >= 0.6 is 0 Å². The van der Waals surface area contributed by atoms with Crippen LogP contribution in [0.5, 0.6) is 0 Å². The van der Waals surface area contributed by atoms with Gasteiger partial charge in [-0.05, 0) is 55.5 Å². The number of urea groups is 1. The van der Waals surface area contributed by atoms with Gasteiger partial charge in [0.25, 0.3) is 0 Å². The highest BCUT2D eigenvalue weighted by atomic mass is 19.1. The van der Waals surface area contributed by atoms with E-state index in [2.05, 4.69) is 17.6 Å². The van der Waals surface area contributed by atoms with Crippen LogP contribution in [-0.2, 0) is 11.3 Å². The van der Waals surface area contributed by atoms with Gasteiger partial charge in [-0.15, -0.1) is 0 Å². The molecule has 1 aliphatic rings. The second kappa shape index (κ2) is 10.3. The number of unbranched alkanes of at least 4 members (excludes halogenated alkanes) is 1. The van der Waals surface area contributed by atoms with Crippen molar-refractivity contribution in [3.8, 4) is 0 Å². The van der Waals surface area contributed by atoms with Gasteiger partial charge < -0.3 is 20.0 Å². The SMILES string of the molecule is CCCCNC(=O)N1C[C@@H](C(=O)NCc2ccco2)CC[C@@H]1c1ccc(F)c(C)c1. The molecule has 2 heterocycles. The van der Waals surface area contributed by atoms with Crippen LogP contribution in [0.3, 0.4) is 0 Å². The molecular weight excluding hydrogens is 385 g/mol. The predicted molar refractivity (Wildman–Crippen MR) is 112 cm³/mol. The summed E-state index contributed by atoms with van der Waals surface area (Å²) in [6.45, 7) is 5.03. The fourth-order valence-corrected chi connectivity index (χ4v) is 3.84. The summed E-state index contributed by atoms with van der Waals surface area (Å²) in [6, 6.07) is 8.20. The normalized spacial score (nSPS) is 18.8. The first-order valence-corrected chi connectivity index (χ1v) is 10.6. The molecule has 1 aliphatic heterocycles. The standard InChI is InChI=1S/C23H30FN3O3/c1-3-4-11-25-23(29)27-15-18(22(28)26-14-19-6-5-12-30-19)8-10-21(27)17-7-9-20(24)16(2)13-17/h5-7,9,12-13,18,21H,3-4,8,10-11,14-15H2,1-2H3,(H,25,29)(H,26,28)/t18-,21+/m0/s1. The van der Waals surface area contributed by atoms with Crippen molar-refractivity contribution in [1.82, 2.24) is 15.5 Å². The largest absolute Gasteiger partial charge is 0.467 e. The van der Waals surface area contributed by atoms with Gasteiger partial charge >= 0.3 is 6.03 Å². The van der Waals surface area contributed by atoms with Crippen LogP contribution < -0.4 is 10.6 Å². The van der Waals surface area contributed by atoms with Gasteiger partial charge in [-0.2, -0.15) is 0 Å². The van der Waals surface area contributed by atoms with Crippen LogP contribution in [0, 0.1) is 18.7 Å². The highest BCUT2D eigenvalue weighted by Gasteiger charge is 2.35. The zero-order chi connectivity index (χ0) is 21.5. The van der Waals surface area contributed by atoms with Crippen molar-refractivity contribution in [3.63, 3.8) is 0 Å². The van der Waals surface area contributed by atoms with E-state index in [-0.39, 0.29) is 29.7 Å². The first-order valence-electron chi connectivity index (χ1n) is 10.6. The average Bonchev–Trinajstić information content (AvgIpc) is 3.27. The summed E-state index contributed by atoms with van der Waals surface area (Å²) in [5.74, 6) is 0.0397. The van der Waals surface area contributed by atoms with E-state index in [1.807, 2.05) is 6.07 Å². The van der Waals surface area contributed by atoms with Crippen molar-refractivity contribution < 1.29 is 18.4 Å². The van der Waals surface area contributed by atoms with Gasteiger partial charge in [0.2, 0.25) is 5.91 Å². The molecule has 30 heavy (non-hydrogen) atoms. The molecule has 162 valence electrons. The van der Waals surface area contributed by atoms with Crippen LogP contribution in [0.2, 0.25) is 0 Å². The number of aryl methyl sites for hydroxylation is 1. The van der Waals surface area contributed by atoms with Crippen molar-refractivity contribution >= 4 is 11.9 Å². The van der Waals surface area contributed by atoms with E-state index in [1.54, 1.807) is 36.3 Å². The molecule has 2 N–H and O–H groups in total. The van der Waals surface area contributed by atoms with Gasteiger partial charge in [-0.25, -0.2) is 9.18 Å². The third kappa shape index (κ3) is 5.40. The minimum atomic E-state index is -0.297. The van der Waals surface area contributed by atoms with E-state index in [1.165, 1.54) is 6.07 Å². The first-order chi connectivity index (χ1) is 14.5. The molecule has 2 atom stereocenters. The van der Waals surface area contributed by atoms with Crippen LogP contribution in [0.15, 0.2) is 41.0 Å². The third-order valence-corrected chi connectivity index (χ3v) is 5.60. The number of carbonyl (C=O) groups excluding carboxylic acids is 2. The number of hydrogen-bond donors (Lipinski definition) is 2. The Morgan fingerprint density at radius 3 is 2.77 bits per heavy atom. The van der Waals surface area contributed by atoms with E-state index in [4.69, 9.17) is 4.42 Å². The molecule has 0 saturated carbocycles. The van der Waals surface area contributed by atoms with Gasteiger partial charge in [0.1, 0.15) is 11.6 Å². The number of likely N-dealkylation sites (tertiary alicyclic amines) is 1. The lowest BCUT2D eigenvalue weighted by atomic mass is 9.88. The lowest BCUT2D eigenvalue weighted by Crippen LogP contribution is -2.50. The molecule has 0 bridgehead atoms. The second-order valence-electron chi connectivity index (χ2n) is 7.83. The Morgan fingerprint density at radius 2 is 2.07 bits per heavy atom. The van der Waals surface area contributed by atoms with Gasteiger partial charge in [-0.1, -0.05) is 25.5 Å². The maximum atomic E-state index is 13.7. The van der Waals surface area contributed by atoms with E-state index in [0.29, 0.717) is 43.8 Å². The third-order valence-electron chi connectivity index (χ3n) is 5.60. The summed E-state index contributed by atoms with van der Waals surface area (Å²) in [5.41, 5.74) is 1.45. The number of nitrogens with zero attached hydrogens (tertiary/aromatic N) is 1. The first kappa shape index (κ1) is 21.9. The summed E-state index contributed by atoms with van der Waals surface area (Å²) in [4.78, 5) is 27.3. The lowest BCUT2D eigenvalue weighted by Gasteiger charge is -2.39. The number of halogens is 1. The van der Waals surface area contributed by atoms with E-state index in [0.717, 1.165) is 18.4 Å². The van der Waals surface area contributed by atoms with Crippen molar-refractivity contribution in [2.24, 2.45) is 5.92 Å². The molecule has 0 aliphatic carbocycles. The van der Waals surface area contributed by atoms with E-state index < -0.39 is 0 Å². The zero-order valence-corrected chi connectivity index (χ0v) is 17.6. The lowest BCUT2D eigenvalue weighted by molar-refractivity contribution is -0.127. The number of nitrogens with one attached hydrogen (secondary N) is 2. The molecule has 0 unspecified atom stereocenters. The molecule has 0 spiro atoms. The van der Waals surface area contributed by atoms with Gasteiger partial charge in [-0.3, -0.25) is 4.79 Å². The Balaban J connectivity index is 1.71. The summed E-state index contributed by atoms with van der Waals surface area (Å²) >= 11 is 0. The van der Waals surface area contributed by atoms with Crippen molar-refractivity contribution in [2.45, 2.75) is 52.1 Å². The number of hydrogen-bond acceptors (Lipinski definition) is 3. The highest BCUT2D eigenvalue weighted by Crippen LogP contribution is 2.34. The Bertz CT molecular complexity index is 853. The molecule has 3 rings (SSSR count). The predicted octanol–water partition coefficient (Wildman–Crippen LogP) is 4.31. The maximum absolute atomic E-state index is 13.7. The molecule has 1 aromatic heterocycles. The monoisotopic (exact) mass is 415 g/mol. The van der Waals surface area contributed by atoms with E-state index >= 15 is 0 Å². The van der Waals surface area contributed by atoms with Crippen LogP contribution in [0.25, 0.3) is 0 Å². The smallest absolute Gasteiger partial charge is 0.317 e. The minimum Gasteiger partial charge on any atom is -0.467 e. The summed E-state index contributed by atoms with van der Waals surface area (Å²) in [5, 5.41) is 5.86. The fraction of sp³-hybridized carbons (Fsp3) is 0.478. The summed E-state index contributed by atoms with van der Waals surface area (Å²) in [6.07, 6.45) is 4.75. The van der Waals surface area contributed by atoms with Gasteiger partial charge in [0.15, 0.2) is 0 Å². The van der Waals surface area contributed by atoms with Crippen molar-refractivity contribution in [3.05, 3.63) is 59.3 Å². The molecule has 7 heteroatoms.